The maximum atomic E-state index is 13.3. The van der Waals surface area contributed by atoms with Gasteiger partial charge in [0, 0.05) is 31.3 Å². The van der Waals surface area contributed by atoms with E-state index in [0.717, 1.165) is 22.4 Å². The molecule has 0 amide bonds. The van der Waals surface area contributed by atoms with Gasteiger partial charge in [-0.1, -0.05) is 37.3 Å². The van der Waals surface area contributed by atoms with Crippen LogP contribution < -0.4 is 4.72 Å². The van der Waals surface area contributed by atoms with E-state index in [-0.39, 0.29) is 15.7 Å². The van der Waals surface area contributed by atoms with E-state index in [2.05, 4.69) is 4.72 Å². The first kappa shape index (κ1) is 22.0. The van der Waals surface area contributed by atoms with Gasteiger partial charge in [0.25, 0.3) is 10.0 Å². The van der Waals surface area contributed by atoms with Crippen molar-refractivity contribution in [3.63, 3.8) is 0 Å². The van der Waals surface area contributed by atoms with Gasteiger partial charge in [-0.25, -0.2) is 25.5 Å². The van der Waals surface area contributed by atoms with Crippen LogP contribution in [0.4, 0.5) is 0 Å². The molecule has 0 saturated carbocycles. The Labute approximate surface area is 183 Å². The predicted molar refractivity (Wildman–Crippen MR) is 119 cm³/mol. The van der Waals surface area contributed by atoms with Gasteiger partial charge < -0.3 is 4.74 Å². The molecule has 0 unspecified atom stereocenters. The standard InChI is InChI=1S/C22H26N2O5S2/c1-2-18-7-6-10-20-22(18)21(30(25,26)23-15-17-11-13-29-14-12-17)16-24(20)31(27,28)19-8-4-3-5-9-19/h3-10,16-17,23H,2,11-15H2,1H3. The van der Waals surface area contributed by atoms with Gasteiger partial charge in [-0.05, 0) is 48.9 Å². The van der Waals surface area contributed by atoms with E-state index in [9.17, 15) is 16.8 Å². The van der Waals surface area contributed by atoms with Gasteiger partial charge in [0.15, 0.2) is 0 Å². The summed E-state index contributed by atoms with van der Waals surface area (Å²) in [7, 11) is -7.87. The third kappa shape index (κ3) is 4.27. The Morgan fingerprint density at radius 2 is 1.71 bits per heavy atom. The number of fused-ring (bicyclic) bond motifs is 1. The Bertz CT molecular complexity index is 1280. The molecule has 1 aliphatic heterocycles. The zero-order valence-electron chi connectivity index (χ0n) is 17.3. The van der Waals surface area contributed by atoms with E-state index < -0.39 is 20.0 Å². The number of rotatable bonds is 7. The van der Waals surface area contributed by atoms with Crippen LogP contribution in [0.5, 0.6) is 0 Å². The smallest absolute Gasteiger partial charge is 0.268 e. The van der Waals surface area contributed by atoms with Crippen LogP contribution >= 0.6 is 0 Å². The van der Waals surface area contributed by atoms with Crippen molar-refractivity contribution in [3.05, 3.63) is 60.3 Å². The molecule has 2 heterocycles. The summed E-state index contributed by atoms with van der Waals surface area (Å²) in [5.74, 6) is 0.204. The summed E-state index contributed by atoms with van der Waals surface area (Å²) < 4.78 is 62.3. The highest BCUT2D eigenvalue weighted by Gasteiger charge is 2.28. The van der Waals surface area contributed by atoms with Crippen LogP contribution in [-0.2, 0) is 31.2 Å². The first-order valence-corrected chi connectivity index (χ1v) is 13.3. The third-order valence-corrected chi connectivity index (χ3v) is 8.84. The summed E-state index contributed by atoms with van der Waals surface area (Å²) in [6.07, 6.45) is 3.41. The highest BCUT2D eigenvalue weighted by atomic mass is 32.2. The van der Waals surface area contributed by atoms with Crippen molar-refractivity contribution in [3.8, 4) is 0 Å². The van der Waals surface area contributed by atoms with E-state index >= 15 is 0 Å². The molecule has 9 heteroatoms. The molecule has 4 rings (SSSR count). The maximum absolute atomic E-state index is 13.3. The van der Waals surface area contributed by atoms with Crippen LogP contribution in [0.1, 0.15) is 25.3 Å². The van der Waals surface area contributed by atoms with Gasteiger partial charge in [0.05, 0.1) is 10.4 Å². The highest BCUT2D eigenvalue weighted by Crippen LogP contribution is 2.32. The Balaban J connectivity index is 1.82. The summed E-state index contributed by atoms with van der Waals surface area (Å²) >= 11 is 0. The molecule has 1 aliphatic rings. The average molecular weight is 463 g/mol. The Hall–Kier alpha value is -2.20. The Kier molecular flexibility index (Phi) is 6.20. The van der Waals surface area contributed by atoms with E-state index in [1.54, 1.807) is 30.3 Å². The molecule has 0 bridgehead atoms. The van der Waals surface area contributed by atoms with Gasteiger partial charge in [0.2, 0.25) is 10.0 Å². The quantitative estimate of drug-likeness (QED) is 0.582. The highest BCUT2D eigenvalue weighted by molar-refractivity contribution is 7.91. The molecule has 1 fully saturated rings. The van der Waals surface area contributed by atoms with Crippen molar-refractivity contribution in [2.45, 2.75) is 36.0 Å². The topological polar surface area (TPSA) is 94.5 Å². The lowest BCUT2D eigenvalue weighted by Gasteiger charge is -2.22. The van der Waals surface area contributed by atoms with Crippen molar-refractivity contribution >= 4 is 30.9 Å². The van der Waals surface area contributed by atoms with Crippen molar-refractivity contribution in [1.82, 2.24) is 8.69 Å². The molecule has 0 aliphatic carbocycles. The van der Waals surface area contributed by atoms with Crippen molar-refractivity contribution in [1.29, 1.82) is 0 Å². The van der Waals surface area contributed by atoms with Gasteiger partial charge >= 0.3 is 0 Å². The monoisotopic (exact) mass is 462 g/mol. The van der Waals surface area contributed by atoms with Crippen molar-refractivity contribution in [2.75, 3.05) is 19.8 Å². The molecule has 3 aromatic rings. The summed E-state index contributed by atoms with van der Waals surface area (Å²) in [5.41, 5.74) is 1.14. The second-order valence-corrected chi connectivity index (χ2v) is 11.2. The van der Waals surface area contributed by atoms with E-state index in [1.165, 1.54) is 18.3 Å². The molecule has 1 saturated heterocycles. The molecule has 2 aromatic carbocycles. The summed E-state index contributed by atoms with van der Waals surface area (Å²) in [6, 6.07) is 13.3. The van der Waals surface area contributed by atoms with Crippen LogP contribution in [0.25, 0.3) is 10.9 Å². The summed E-state index contributed by atoms with van der Waals surface area (Å²) in [6.45, 7) is 3.48. The molecule has 1 aromatic heterocycles. The Morgan fingerprint density at radius 3 is 2.39 bits per heavy atom. The molecule has 166 valence electrons. The summed E-state index contributed by atoms with van der Waals surface area (Å²) in [5, 5.41) is 0.448. The average Bonchev–Trinajstić information content (AvgIpc) is 3.21. The zero-order valence-corrected chi connectivity index (χ0v) is 19.0. The van der Waals surface area contributed by atoms with Crippen molar-refractivity contribution < 1.29 is 21.6 Å². The Morgan fingerprint density at radius 1 is 1.00 bits per heavy atom. The number of sulfonamides is 1. The number of benzene rings is 2. The maximum Gasteiger partial charge on any atom is 0.268 e. The second-order valence-electron chi connectivity index (χ2n) is 7.68. The lowest BCUT2D eigenvalue weighted by molar-refractivity contribution is 0.0678. The number of nitrogens with one attached hydrogen (secondary N) is 1. The molecular formula is C22H26N2O5S2. The lowest BCUT2D eigenvalue weighted by Crippen LogP contribution is -2.32. The van der Waals surface area contributed by atoms with Crippen LogP contribution in [0.15, 0.2) is 64.5 Å². The van der Waals surface area contributed by atoms with Crippen molar-refractivity contribution in [2.24, 2.45) is 5.92 Å². The van der Waals surface area contributed by atoms with E-state index in [4.69, 9.17) is 4.74 Å². The molecule has 1 N–H and O–H groups in total. The molecule has 0 spiro atoms. The van der Waals surface area contributed by atoms with Gasteiger partial charge in [0.1, 0.15) is 4.90 Å². The second kappa shape index (κ2) is 8.74. The largest absolute Gasteiger partial charge is 0.381 e. The first-order chi connectivity index (χ1) is 14.8. The normalized spacial score (nSPS) is 16.0. The predicted octanol–water partition coefficient (Wildman–Crippen LogP) is 3.15. The van der Waals surface area contributed by atoms with Crippen LogP contribution in [0, 0.1) is 5.92 Å². The number of nitrogens with zero attached hydrogens (tertiary/aromatic N) is 1. The third-order valence-electron chi connectivity index (χ3n) is 5.72. The molecule has 0 radical (unpaired) electrons. The number of ether oxygens (including phenoxy) is 1. The lowest BCUT2D eigenvalue weighted by atomic mass is 10.0. The van der Waals surface area contributed by atoms with Gasteiger partial charge in [-0.2, -0.15) is 0 Å². The van der Waals surface area contributed by atoms with E-state index in [0.29, 0.717) is 37.1 Å². The van der Waals surface area contributed by atoms with Crippen LogP contribution in [-0.4, -0.2) is 40.6 Å². The summed E-state index contributed by atoms with van der Waals surface area (Å²) in [4.78, 5) is 0.0967. The van der Waals surface area contributed by atoms with E-state index in [1.807, 2.05) is 13.0 Å². The number of aromatic nitrogens is 1. The van der Waals surface area contributed by atoms with Crippen LogP contribution in [0.2, 0.25) is 0 Å². The minimum absolute atomic E-state index is 0.00786. The first-order valence-electron chi connectivity index (χ1n) is 10.4. The minimum atomic E-state index is -3.96. The minimum Gasteiger partial charge on any atom is -0.381 e. The zero-order chi connectivity index (χ0) is 22.1. The fourth-order valence-electron chi connectivity index (χ4n) is 3.95. The molecule has 0 atom stereocenters. The molecule has 31 heavy (non-hydrogen) atoms. The fraction of sp³-hybridized carbons (Fsp3) is 0.364. The number of hydrogen-bond acceptors (Lipinski definition) is 5. The van der Waals surface area contributed by atoms with Crippen LogP contribution in [0.3, 0.4) is 0 Å². The molecule has 7 nitrogen and oxygen atoms in total. The van der Waals surface area contributed by atoms with Gasteiger partial charge in [-0.3, -0.25) is 0 Å². The molecular weight excluding hydrogens is 436 g/mol. The SMILES string of the molecule is CCc1cccc2c1c(S(=O)(=O)NCC1CCOCC1)cn2S(=O)(=O)c1ccccc1. The fourth-order valence-corrected chi connectivity index (χ4v) is 6.76. The number of aryl methyl sites for hydroxylation is 1. The number of hydrogen-bond donors (Lipinski definition) is 1. The van der Waals surface area contributed by atoms with Gasteiger partial charge in [-0.15, -0.1) is 0 Å².